The largest absolute Gasteiger partial charge is 0.497 e. The summed E-state index contributed by atoms with van der Waals surface area (Å²) < 4.78 is 29.7. The summed E-state index contributed by atoms with van der Waals surface area (Å²) in [5.74, 6) is 0.179. The standard InChI is InChI=1S/C19H22BrNO4S/c1-19(2,3)26(23,24)12-13-6-5-7-14(10-13)21-18(22)16-11-15(25-4)8-9-17(16)20/h5-11H,12H2,1-4H3,(H,21,22). The highest BCUT2D eigenvalue weighted by atomic mass is 79.9. The van der Waals surface area contributed by atoms with Crippen molar-refractivity contribution in [3.05, 3.63) is 58.1 Å². The van der Waals surface area contributed by atoms with Gasteiger partial charge < -0.3 is 10.1 Å². The van der Waals surface area contributed by atoms with Crippen molar-refractivity contribution in [3.63, 3.8) is 0 Å². The van der Waals surface area contributed by atoms with E-state index in [1.54, 1.807) is 63.2 Å². The zero-order valence-corrected chi connectivity index (χ0v) is 17.6. The maximum absolute atomic E-state index is 12.5. The van der Waals surface area contributed by atoms with Crippen molar-refractivity contribution in [2.75, 3.05) is 12.4 Å². The lowest BCUT2D eigenvalue weighted by Gasteiger charge is -2.19. The number of hydrogen-bond acceptors (Lipinski definition) is 4. The Kier molecular flexibility index (Phi) is 6.13. The van der Waals surface area contributed by atoms with Gasteiger partial charge >= 0.3 is 0 Å². The zero-order valence-electron chi connectivity index (χ0n) is 15.2. The van der Waals surface area contributed by atoms with E-state index in [0.29, 0.717) is 27.0 Å². The van der Waals surface area contributed by atoms with Crippen molar-refractivity contribution >= 4 is 37.4 Å². The number of carbonyl (C=O) groups excluding carboxylic acids is 1. The number of nitrogens with one attached hydrogen (secondary N) is 1. The van der Waals surface area contributed by atoms with E-state index < -0.39 is 14.6 Å². The summed E-state index contributed by atoms with van der Waals surface area (Å²) in [6.45, 7) is 5.02. The first-order chi connectivity index (χ1) is 12.0. The van der Waals surface area contributed by atoms with Gasteiger partial charge in [0.15, 0.2) is 9.84 Å². The lowest BCUT2D eigenvalue weighted by atomic mass is 10.2. The van der Waals surface area contributed by atoms with Gasteiger partial charge in [0.1, 0.15) is 5.75 Å². The van der Waals surface area contributed by atoms with Crippen LogP contribution >= 0.6 is 15.9 Å². The highest BCUT2D eigenvalue weighted by molar-refractivity contribution is 9.10. The molecule has 0 spiro atoms. The van der Waals surface area contributed by atoms with E-state index in [1.807, 2.05) is 0 Å². The van der Waals surface area contributed by atoms with Crippen LogP contribution in [0, 0.1) is 0 Å². The lowest BCUT2D eigenvalue weighted by molar-refractivity contribution is 0.102. The Morgan fingerprint density at radius 2 is 1.85 bits per heavy atom. The molecule has 0 aliphatic carbocycles. The van der Waals surface area contributed by atoms with Crippen LogP contribution in [0.3, 0.4) is 0 Å². The Morgan fingerprint density at radius 1 is 1.15 bits per heavy atom. The van der Waals surface area contributed by atoms with Crippen molar-refractivity contribution in [2.45, 2.75) is 31.3 Å². The Balaban J connectivity index is 2.23. The summed E-state index contributed by atoms with van der Waals surface area (Å²) in [4.78, 5) is 12.5. The molecule has 0 aliphatic heterocycles. The summed E-state index contributed by atoms with van der Waals surface area (Å²) in [5, 5.41) is 2.80. The van der Waals surface area contributed by atoms with Crippen LogP contribution in [0.1, 0.15) is 36.7 Å². The fraction of sp³-hybridized carbons (Fsp3) is 0.316. The molecule has 1 N–H and O–H groups in total. The molecule has 0 unspecified atom stereocenters. The Bertz CT molecular complexity index is 917. The molecule has 5 nitrogen and oxygen atoms in total. The lowest BCUT2D eigenvalue weighted by Crippen LogP contribution is -2.29. The molecule has 2 aromatic carbocycles. The molecular weight excluding hydrogens is 418 g/mol. The van der Waals surface area contributed by atoms with E-state index in [1.165, 1.54) is 7.11 Å². The number of amides is 1. The first-order valence-corrected chi connectivity index (χ1v) is 10.4. The van der Waals surface area contributed by atoms with Gasteiger partial charge in [-0.05, 0) is 72.6 Å². The Hall–Kier alpha value is -1.86. The second-order valence-corrected chi connectivity index (χ2v) is 10.5. The van der Waals surface area contributed by atoms with Crippen molar-refractivity contribution < 1.29 is 17.9 Å². The molecule has 0 heterocycles. The van der Waals surface area contributed by atoms with Crippen LogP contribution in [0.2, 0.25) is 0 Å². The van der Waals surface area contributed by atoms with Crippen molar-refractivity contribution in [1.82, 2.24) is 0 Å². The maximum atomic E-state index is 12.5. The Labute approximate surface area is 162 Å². The van der Waals surface area contributed by atoms with Crippen LogP contribution < -0.4 is 10.1 Å². The molecule has 2 aromatic rings. The second-order valence-electron chi connectivity index (χ2n) is 6.87. The van der Waals surface area contributed by atoms with Crippen molar-refractivity contribution in [3.8, 4) is 5.75 Å². The second kappa shape index (κ2) is 7.80. The highest BCUT2D eigenvalue weighted by Crippen LogP contribution is 2.25. The minimum absolute atomic E-state index is 0.0803. The summed E-state index contributed by atoms with van der Waals surface area (Å²) in [6.07, 6.45) is 0. The average Bonchev–Trinajstić information content (AvgIpc) is 2.54. The van der Waals surface area contributed by atoms with Crippen LogP contribution in [0.4, 0.5) is 5.69 Å². The van der Waals surface area contributed by atoms with Crippen molar-refractivity contribution in [1.29, 1.82) is 0 Å². The highest BCUT2D eigenvalue weighted by Gasteiger charge is 2.29. The molecule has 2 rings (SSSR count). The molecular formula is C19H22BrNO4S. The fourth-order valence-corrected chi connectivity index (χ4v) is 3.66. The molecule has 0 saturated heterocycles. The van der Waals surface area contributed by atoms with E-state index in [2.05, 4.69) is 21.2 Å². The number of sulfone groups is 1. The van der Waals surface area contributed by atoms with Gasteiger partial charge in [-0.25, -0.2) is 8.42 Å². The average molecular weight is 440 g/mol. The molecule has 0 saturated carbocycles. The Morgan fingerprint density at radius 3 is 2.46 bits per heavy atom. The van der Waals surface area contributed by atoms with Crippen molar-refractivity contribution in [2.24, 2.45) is 0 Å². The predicted octanol–water partition coefficient (Wildman–Crippen LogP) is 4.42. The molecule has 1 amide bonds. The number of methoxy groups -OCH3 is 1. The van der Waals surface area contributed by atoms with Gasteiger partial charge in [-0.2, -0.15) is 0 Å². The van der Waals surface area contributed by atoms with Gasteiger partial charge in [0.2, 0.25) is 0 Å². The van der Waals surface area contributed by atoms with Gasteiger partial charge in [0.25, 0.3) is 5.91 Å². The van der Waals surface area contributed by atoms with Gasteiger partial charge in [0, 0.05) is 10.2 Å². The number of halogens is 1. The van der Waals surface area contributed by atoms with E-state index in [0.717, 1.165) is 0 Å². The minimum atomic E-state index is -3.30. The third kappa shape index (κ3) is 4.86. The molecule has 0 radical (unpaired) electrons. The summed E-state index contributed by atoms with van der Waals surface area (Å²) in [5.41, 5.74) is 1.59. The normalized spacial score (nSPS) is 11.9. The SMILES string of the molecule is COc1ccc(Br)c(C(=O)Nc2cccc(CS(=O)(=O)C(C)(C)C)c2)c1. The zero-order chi connectivity index (χ0) is 19.5. The number of ether oxygens (including phenoxy) is 1. The minimum Gasteiger partial charge on any atom is -0.497 e. The number of carbonyl (C=O) groups is 1. The molecule has 0 fully saturated rings. The first kappa shape index (κ1) is 20.5. The molecule has 0 atom stereocenters. The monoisotopic (exact) mass is 439 g/mol. The third-order valence-electron chi connectivity index (χ3n) is 3.89. The quantitative estimate of drug-likeness (QED) is 0.747. The van der Waals surface area contributed by atoms with Crippen LogP contribution in [-0.2, 0) is 15.6 Å². The smallest absolute Gasteiger partial charge is 0.256 e. The van der Waals surface area contributed by atoms with Gasteiger partial charge in [-0.15, -0.1) is 0 Å². The van der Waals surface area contributed by atoms with Gasteiger partial charge in [-0.1, -0.05) is 12.1 Å². The molecule has 0 aromatic heterocycles. The topological polar surface area (TPSA) is 72.5 Å². The summed E-state index contributed by atoms with van der Waals surface area (Å²) in [7, 11) is -1.77. The summed E-state index contributed by atoms with van der Waals surface area (Å²) >= 11 is 3.35. The number of anilines is 1. The van der Waals surface area contributed by atoms with E-state index >= 15 is 0 Å². The first-order valence-electron chi connectivity index (χ1n) is 7.99. The summed E-state index contributed by atoms with van der Waals surface area (Å²) in [6, 6.07) is 12.0. The molecule has 140 valence electrons. The maximum Gasteiger partial charge on any atom is 0.256 e. The van der Waals surface area contributed by atoms with E-state index in [4.69, 9.17) is 4.74 Å². The van der Waals surface area contributed by atoms with Crippen LogP contribution in [0.15, 0.2) is 46.9 Å². The molecule has 26 heavy (non-hydrogen) atoms. The predicted molar refractivity (Wildman–Crippen MR) is 107 cm³/mol. The fourth-order valence-electron chi connectivity index (χ4n) is 2.18. The van der Waals surface area contributed by atoms with Gasteiger partial charge in [0.05, 0.1) is 23.2 Å². The third-order valence-corrected chi connectivity index (χ3v) is 7.16. The van der Waals surface area contributed by atoms with Gasteiger partial charge in [-0.3, -0.25) is 4.79 Å². The molecule has 0 bridgehead atoms. The van der Waals surface area contributed by atoms with Crippen LogP contribution in [0.5, 0.6) is 5.75 Å². The van der Waals surface area contributed by atoms with E-state index in [9.17, 15) is 13.2 Å². The van der Waals surface area contributed by atoms with Crippen LogP contribution in [0.25, 0.3) is 0 Å². The number of rotatable bonds is 5. The number of benzene rings is 2. The van der Waals surface area contributed by atoms with E-state index in [-0.39, 0.29) is 11.7 Å². The number of hydrogen-bond donors (Lipinski definition) is 1. The molecule has 0 aliphatic rings. The molecule has 7 heteroatoms. The van der Waals surface area contributed by atoms with Crippen LogP contribution in [-0.4, -0.2) is 26.2 Å².